The number of carbonyl (C=O) groups is 1. The standard InChI is InChI=1S/C18H16O2/c1-18(17(19)20-12-10-11-12)15-8-4-2-6-13(15)14-7-3-5-9-16(14)18/h2-9,12H,10-11H2,1H3. The van der Waals surface area contributed by atoms with Crippen LogP contribution in [-0.2, 0) is 14.9 Å². The molecule has 0 bridgehead atoms. The lowest BCUT2D eigenvalue weighted by atomic mass is 9.80. The summed E-state index contributed by atoms with van der Waals surface area (Å²) in [5.74, 6) is -0.114. The quantitative estimate of drug-likeness (QED) is 0.773. The second kappa shape index (κ2) is 3.95. The smallest absolute Gasteiger partial charge is 0.321 e. The Hall–Kier alpha value is -2.09. The topological polar surface area (TPSA) is 26.3 Å². The van der Waals surface area contributed by atoms with Crippen molar-refractivity contribution in [2.24, 2.45) is 0 Å². The van der Waals surface area contributed by atoms with E-state index in [1.165, 1.54) is 0 Å². The van der Waals surface area contributed by atoms with Crippen molar-refractivity contribution in [3.63, 3.8) is 0 Å². The van der Waals surface area contributed by atoms with E-state index in [9.17, 15) is 4.79 Å². The average molecular weight is 264 g/mol. The SMILES string of the molecule is CC1(C(=O)OC2CC2)c2ccccc2-c2ccccc21. The van der Waals surface area contributed by atoms with Gasteiger partial charge in [0.2, 0.25) is 0 Å². The first-order valence-electron chi connectivity index (χ1n) is 7.12. The third-order valence-electron chi connectivity index (χ3n) is 4.43. The molecule has 0 aliphatic heterocycles. The van der Waals surface area contributed by atoms with Crippen LogP contribution in [0.15, 0.2) is 48.5 Å². The Labute approximate surface area is 118 Å². The maximum absolute atomic E-state index is 12.7. The molecule has 0 radical (unpaired) electrons. The summed E-state index contributed by atoms with van der Waals surface area (Å²) in [7, 11) is 0. The molecule has 20 heavy (non-hydrogen) atoms. The Kier molecular flexibility index (Phi) is 2.31. The maximum Gasteiger partial charge on any atom is 0.321 e. The summed E-state index contributed by atoms with van der Waals surface area (Å²) < 4.78 is 5.62. The average Bonchev–Trinajstić information content (AvgIpc) is 3.26. The van der Waals surface area contributed by atoms with Gasteiger partial charge in [0.05, 0.1) is 0 Å². The molecule has 2 aromatic rings. The zero-order chi connectivity index (χ0) is 13.7. The van der Waals surface area contributed by atoms with E-state index in [0.29, 0.717) is 0 Å². The van der Waals surface area contributed by atoms with Crippen LogP contribution in [0.3, 0.4) is 0 Å². The Morgan fingerprint density at radius 2 is 1.50 bits per heavy atom. The summed E-state index contributed by atoms with van der Waals surface area (Å²) in [6, 6.07) is 16.3. The van der Waals surface area contributed by atoms with E-state index >= 15 is 0 Å². The number of hydrogen-bond donors (Lipinski definition) is 0. The fourth-order valence-corrected chi connectivity index (χ4v) is 3.13. The highest BCUT2D eigenvalue weighted by Gasteiger charge is 2.47. The summed E-state index contributed by atoms with van der Waals surface area (Å²) in [6.07, 6.45) is 2.15. The molecule has 1 saturated carbocycles. The number of esters is 1. The second-order valence-corrected chi connectivity index (χ2v) is 5.82. The van der Waals surface area contributed by atoms with Crippen LogP contribution in [0.25, 0.3) is 11.1 Å². The van der Waals surface area contributed by atoms with E-state index in [2.05, 4.69) is 12.1 Å². The van der Waals surface area contributed by atoms with Crippen molar-refractivity contribution < 1.29 is 9.53 Å². The first-order chi connectivity index (χ1) is 9.71. The third-order valence-corrected chi connectivity index (χ3v) is 4.43. The summed E-state index contributed by atoms with van der Waals surface area (Å²) in [4.78, 5) is 12.7. The van der Waals surface area contributed by atoms with Gasteiger partial charge in [-0.1, -0.05) is 48.5 Å². The third kappa shape index (κ3) is 1.48. The van der Waals surface area contributed by atoms with Crippen molar-refractivity contribution in [3.8, 4) is 11.1 Å². The van der Waals surface area contributed by atoms with Gasteiger partial charge in [-0.05, 0) is 42.0 Å². The maximum atomic E-state index is 12.7. The first-order valence-corrected chi connectivity index (χ1v) is 7.12. The molecule has 0 amide bonds. The molecule has 0 aromatic heterocycles. The summed E-state index contributed by atoms with van der Waals surface area (Å²) in [5, 5.41) is 0. The van der Waals surface area contributed by atoms with Crippen LogP contribution in [0.2, 0.25) is 0 Å². The molecule has 2 aromatic carbocycles. The molecular weight excluding hydrogens is 248 g/mol. The van der Waals surface area contributed by atoms with Gasteiger partial charge in [0.1, 0.15) is 11.5 Å². The fourth-order valence-electron chi connectivity index (χ4n) is 3.13. The van der Waals surface area contributed by atoms with E-state index < -0.39 is 5.41 Å². The molecule has 0 unspecified atom stereocenters. The number of rotatable bonds is 2. The largest absolute Gasteiger partial charge is 0.461 e. The molecule has 0 saturated heterocycles. The molecule has 2 aliphatic rings. The summed E-state index contributed by atoms with van der Waals surface area (Å²) in [6.45, 7) is 1.99. The van der Waals surface area contributed by atoms with E-state index in [0.717, 1.165) is 35.1 Å². The van der Waals surface area contributed by atoms with Crippen LogP contribution in [-0.4, -0.2) is 12.1 Å². The van der Waals surface area contributed by atoms with E-state index in [1.54, 1.807) is 0 Å². The van der Waals surface area contributed by atoms with E-state index in [4.69, 9.17) is 4.74 Å². The van der Waals surface area contributed by atoms with Crippen molar-refractivity contribution in [2.45, 2.75) is 31.3 Å². The number of ether oxygens (including phenoxy) is 1. The van der Waals surface area contributed by atoms with Crippen molar-refractivity contribution in [1.82, 2.24) is 0 Å². The zero-order valence-electron chi connectivity index (χ0n) is 11.4. The highest BCUT2D eigenvalue weighted by molar-refractivity contribution is 5.97. The molecule has 1 fully saturated rings. The van der Waals surface area contributed by atoms with Gasteiger partial charge < -0.3 is 4.74 Å². The second-order valence-electron chi connectivity index (χ2n) is 5.82. The minimum atomic E-state index is -0.671. The number of fused-ring (bicyclic) bond motifs is 3. The summed E-state index contributed by atoms with van der Waals surface area (Å²) >= 11 is 0. The van der Waals surface area contributed by atoms with Crippen molar-refractivity contribution in [3.05, 3.63) is 59.7 Å². The van der Waals surface area contributed by atoms with Gasteiger partial charge in [-0.3, -0.25) is 4.79 Å². The molecule has 0 spiro atoms. The lowest BCUT2D eigenvalue weighted by molar-refractivity contribution is -0.149. The molecule has 0 N–H and O–H groups in total. The van der Waals surface area contributed by atoms with Gasteiger partial charge in [0.15, 0.2) is 0 Å². The van der Waals surface area contributed by atoms with Crippen LogP contribution >= 0.6 is 0 Å². The summed E-state index contributed by atoms with van der Waals surface area (Å²) in [5.41, 5.74) is 3.76. The predicted octanol–water partition coefficient (Wildman–Crippen LogP) is 3.68. The lowest BCUT2D eigenvalue weighted by Gasteiger charge is -2.25. The number of benzene rings is 2. The highest BCUT2D eigenvalue weighted by Crippen LogP contribution is 2.49. The van der Waals surface area contributed by atoms with Gasteiger partial charge in [-0.2, -0.15) is 0 Å². The van der Waals surface area contributed by atoms with Crippen molar-refractivity contribution in [1.29, 1.82) is 0 Å². The van der Waals surface area contributed by atoms with Gasteiger partial charge in [-0.15, -0.1) is 0 Å². The Morgan fingerprint density at radius 3 is 2.00 bits per heavy atom. The monoisotopic (exact) mass is 264 g/mol. The highest BCUT2D eigenvalue weighted by atomic mass is 16.5. The van der Waals surface area contributed by atoms with Gasteiger partial charge in [-0.25, -0.2) is 0 Å². The van der Waals surface area contributed by atoms with Crippen LogP contribution in [0.4, 0.5) is 0 Å². The zero-order valence-corrected chi connectivity index (χ0v) is 11.4. The van der Waals surface area contributed by atoms with Crippen molar-refractivity contribution in [2.75, 3.05) is 0 Å². The van der Waals surface area contributed by atoms with Crippen LogP contribution in [0, 0.1) is 0 Å². The molecule has 0 atom stereocenters. The van der Waals surface area contributed by atoms with Gasteiger partial charge in [0.25, 0.3) is 0 Å². The van der Waals surface area contributed by atoms with Gasteiger partial charge in [0, 0.05) is 0 Å². The molecule has 4 rings (SSSR count). The first kappa shape index (κ1) is 11.7. The Balaban J connectivity index is 1.91. The number of carbonyl (C=O) groups excluding carboxylic acids is 1. The Bertz CT molecular complexity index is 653. The molecule has 2 nitrogen and oxygen atoms in total. The van der Waals surface area contributed by atoms with Crippen LogP contribution in [0.1, 0.15) is 30.9 Å². The molecule has 0 heterocycles. The minimum absolute atomic E-state index is 0.114. The molecular formula is C18H16O2. The Morgan fingerprint density at radius 1 is 1.00 bits per heavy atom. The van der Waals surface area contributed by atoms with E-state index in [-0.39, 0.29) is 12.1 Å². The van der Waals surface area contributed by atoms with Crippen molar-refractivity contribution >= 4 is 5.97 Å². The van der Waals surface area contributed by atoms with Gasteiger partial charge >= 0.3 is 5.97 Å². The fraction of sp³-hybridized carbons (Fsp3) is 0.278. The predicted molar refractivity (Wildman–Crippen MR) is 77.4 cm³/mol. The molecule has 2 aliphatic carbocycles. The lowest BCUT2D eigenvalue weighted by Crippen LogP contribution is -2.34. The van der Waals surface area contributed by atoms with Crippen LogP contribution < -0.4 is 0 Å². The number of hydrogen-bond acceptors (Lipinski definition) is 2. The molecule has 2 heteroatoms. The normalized spacial score (nSPS) is 18.2. The van der Waals surface area contributed by atoms with Crippen LogP contribution in [0.5, 0.6) is 0 Å². The minimum Gasteiger partial charge on any atom is -0.461 e. The molecule has 100 valence electrons. The van der Waals surface area contributed by atoms with E-state index in [1.807, 2.05) is 43.3 Å².